The first-order valence-corrected chi connectivity index (χ1v) is 7.55. The maximum absolute atomic E-state index is 12.1. The van der Waals surface area contributed by atoms with Crippen LogP contribution in [0.2, 0.25) is 0 Å². The lowest BCUT2D eigenvalue weighted by molar-refractivity contribution is 0.0950. The smallest absolute Gasteiger partial charge is 0.251 e. The van der Waals surface area contributed by atoms with Gasteiger partial charge in [0.2, 0.25) is 0 Å². The summed E-state index contributed by atoms with van der Waals surface area (Å²) in [6.45, 7) is 0.437. The van der Waals surface area contributed by atoms with Crippen molar-refractivity contribution in [2.24, 2.45) is 0 Å². The van der Waals surface area contributed by atoms with E-state index in [-0.39, 0.29) is 11.7 Å². The van der Waals surface area contributed by atoms with E-state index in [0.717, 1.165) is 16.5 Å². The number of halogens is 1. The fourth-order valence-corrected chi connectivity index (χ4v) is 2.29. The number of carbonyl (C=O) groups excluding carboxylic acids is 1. The second kappa shape index (κ2) is 7.13. The van der Waals surface area contributed by atoms with Crippen LogP contribution in [0.25, 0.3) is 0 Å². The first-order chi connectivity index (χ1) is 10.1. The summed E-state index contributed by atoms with van der Waals surface area (Å²) in [7, 11) is 1.46. The maximum Gasteiger partial charge on any atom is 0.251 e. The first kappa shape index (κ1) is 15.4. The van der Waals surface area contributed by atoms with E-state index in [2.05, 4.69) is 21.2 Å². The van der Waals surface area contributed by atoms with Gasteiger partial charge in [-0.3, -0.25) is 4.79 Å². The van der Waals surface area contributed by atoms with Gasteiger partial charge in [-0.05, 0) is 29.3 Å². The Hall–Kier alpha value is -2.01. The molecule has 4 nitrogen and oxygen atoms in total. The molecule has 0 saturated heterocycles. The Labute approximate surface area is 131 Å². The molecule has 0 heterocycles. The molecular weight excluding hydrogens is 334 g/mol. The summed E-state index contributed by atoms with van der Waals surface area (Å²) in [6, 6.07) is 12.5. The molecule has 0 atom stereocenters. The molecule has 2 rings (SSSR count). The number of methoxy groups -OCH3 is 1. The Balaban J connectivity index is 2.02. The molecule has 0 radical (unpaired) electrons. The van der Waals surface area contributed by atoms with Crippen molar-refractivity contribution in [2.45, 2.75) is 11.9 Å². The van der Waals surface area contributed by atoms with E-state index in [9.17, 15) is 9.90 Å². The van der Waals surface area contributed by atoms with Crippen molar-refractivity contribution < 1.29 is 14.6 Å². The Morgan fingerprint density at radius 1 is 1.24 bits per heavy atom. The highest BCUT2D eigenvalue weighted by Gasteiger charge is 2.09. The summed E-state index contributed by atoms with van der Waals surface area (Å²) in [6.07, 6.45) is 0. The molecule has 21 heavy (non-hydrogen) atoms. The Morgan fingerprint density at radius 3 is 2.67 bits per heavy atom. The third kappa shape index (κ3) is 3.98. The van der Waals surface area contributed by atoms with Gasteiger partial charge in [0.05, 0.1) is 7.11 Å². The number of rotatable bonds is 5. The zero-order valence-corrected chi connectivity index (χ0v) is 13.2. The van der Waals surface area contributed by atoms with Crippen LogP contribution in [-0.4, -0.2) is 18.1 Å². The molecule has 0 unspecified atom stereocenters. The van der Waals surface area contributed by atoms with Crippen LogP contribution >= 0.6 is 15.9 Å². The highest BCUT2D eigenvalue weighted by atomic mass is 79.9. The van der Waals surface area contributed by atoms with E-state index >= 15 is 0 Å². The van der Waals surface area contributed by atoms with Gasteiger partial charge in [0.15, 0.2) is 11.5 Å². The van der Waals surface area contributed by atoms with Gasteiger partial charge in [0.1, 0.15) is 0 Å². The molecule has 2 aromatic rings. The molecule has 0 fully saturated rings. The van der Waals surface area contributed by atoms with E-state index in [4.69, 9.17) is 4.74 Å². The van der Waals surface area contributed by atoms with Crippen LogP contribution in [0.3, 0.4) is 0 Å². The predicted molar refractivity (Wildman–Crippen MR) is 84.9 cm³/mol. The van der Waals surface area contributed by atoms with Crippen molar-refractivity contribution in [2.75, 3.05) is 7.11 Å². The number of ether oxygens (including phenoxy) is 1. The number of phenols is 1. The fourth-order valence-electron chi connectivity index (χ4n) is 1.94. The van der Waals surface area contributed by atoms with Crippen molar-refractivity contribution in [1.29, 1.82) is 0 Å². The molecule has 2 N–H and O–H groups in total. The standard InChI is InChI=1S/C16H16BrNO3/c1-21-15-6-5-13(8-14(15)19)16(20)18-10-12-4-2-3-11(7-12)9-17/h2-8,19H,9-10H2,1H3,(H,18,20). The number of aromatic hydroxyl groups is 1. The number of nitrogens with one attached hydrogen (secondary N) is 1. The largest absolute Gasteiger partial charge is 0.504 e. The minimum absolute atomic E-state index is 0.0496. The van der Waals surface area contributed by atoms with E-state index in [0.29, 0.717) is 17.9 Å². The number of hydrogen-bond acceptors (Lipinski definition) is 3. The summed E-state index contributed by atoms with van der Waals surface area (Å²) in [5.74, 6) is 0.0557. The molecule has 0 aromatic heterocycles. The van der Waals surface area contributed by atoms with Crippen molar-refractivity contribution in [3.63, 3.8) is 0 Å². The summed E-state index contributed by atoms with van der Waals surface area (Å²) in [4.78, 5) is 12.1. The summed E-state index contributed by atoms with van der Waals surface area (Å²) >= 11 is 3.40. The highest BCUT2D eigenvalue weighted by Crippen LogP contribution is 2.26. The van der Waals surface area contributed by atoms with Gasteiger partial charge in [0.25, 0.3) is 5.91 Å². The SMILES string of the molecule is COc1ccc(C(=O)NCc2cccc(CBr)c2)cc1O. The Bertz CT molecular complexity index is 643. The van der Waals surface area contributed by atoms with Gasteiger partial charge < -0.3 is 15.2 Å². The average Bonchev–Trinajstić information content (AvgIpc) is 2.52. The molecule has 5 heteroatoms. The third-order valence-corrected chi connectivity index (χ3v) is 3.69. The van der Waals surface area contributed by atoms with E-state index in [1.807, 2.05) is 24.3 Å². The Morgan fingerprint density at radius 2 is 2.00 bits per heavy atom. The second-order valence-corrected chi connectivity index (χ2v) is 5.08. The lowest BCUT2D eigenvalue weighted by atomic mass is 10.1. The molecule has 2 aromatic carbocycles. The van der Waals surface area contributed by atoms with Crippen molar-refractivity contribution >= 4 is 21.8 Å². The monoisotopic (exact) mass is 349 g/mol. The predicted octanol–water partition coefficient (Wildman–Crippen LogP) is 3.23. The third-order valence-electron chi connectivity index (χ3n) is 3.04. The van der Waals surface area contributed by atoms with E-state index in [1.54, 1.807) is 12.1 Å². The zero-order valence-electron chi connectivity index (χ0n) is 11.6. The topological polar surface area (TPSA) is 58.6 Å². The minimum Gasteiger partial charge on any atom is -0.504 e. The zero-order chi connectivity index (χ0) is 15.2. The summed E-state index contributed by atoms with van der Waals surface area (Å²) < 4.78 is 4.95. The normalized spacial score (nSPS) is 10.2. The fraction of sp³-hybridized carbons (Fsp3) is 0.188. The molecular formula is C16H16BrNO3. The van der Waals surface area contributed by atoms with Crippen LogP contribution in [0.4, 0.5) is 0 Å². The van der Waals surface area contributed by atoms with Crippen molar-refractivity contribution in [3.8, 4) is 11.5 Å². The molecule has 0 bridgehead atoms. The molecule has 0 aliphatic heterocycles. The highest BCUT2D eigenvalue weighted by molar-refractivity contribution is 9.08. The lowest BCUT2D eigenvalue weighted by Gasteiger charge is -2.08. The van der Waals surface area contributed by atoms with E-state index < -0.39 is 0 Å². The molecule has 0 spiro atoms. The van der Waals surface area contributed by atoms with Gasteiger partial charge >= 0.3 is 0 Å². The van der Waals surface area contributed by atoms with Crippen LogP contribution < -0.4 is 10.1 Å². The molecule has 110 valence electrons. The van der Waals surface area contributed by atoms with Gasteiger partial charge in [-0.2, -0.15) is 0 Å². The average molecular weight is 350 g/mol. The minimum atomic E-state index is -0.239. The second-order valence-electron chi connectivity index (χ2n) is 4.52. The number of hydrogen-bond donors (Lipinski definition) is 2. The first-order valence-electron chi connectivity index (χ1n) is 6.43. The van der Waals surface area contributed by atoms with E-state index in [1.165, 1.54) is 13.2 Å². The summed E-state index contributed by atoms with van der Waals surface area (Å²) in [5.41, 5.74) is 2.58. The number of phenolic OH excluding ortho intramolecular Hbond substituents is 1. The van der Waals surface area contributed by atoms with Gasteiger partial charge in [-0.1, -0.05) is 40.2 Å². The van der Waals surface area contributed by atoms with Crippen molar-refractivity contribution in [3.05, 3.63) is 59.2 Å². The van der Waals surface area contributed by atoms with Crippen molar-refractivity contribution in [1.82, 2.24) is 5.32 Å². The number of amides is 1. The molecule has 1 amide bonds. The van der Waals surface area contributed by atoms with Crippen LogP contribution in [0.15, 0.2) is 42.5 Å². The Kier molecular flexibility index (Phi) is 5.22. The number of benzene rings is 2. The lowest BCUT2D eigenvalue weighted by Crippen LogP contribution is -2.22. The van der Waals surface area contributed by atoms with Gasteiger partial charge in [-0.25, -0.2) is 0 Å². The molecule has 0 saturated carbocycles. The van der Waals surface area contributed by atoms with Gasteiger partial charge in [-0.15, -0.1) is 0 Å². The van der Waals surface area contributed by atoms with Crippen LogP contribution in [0.1, 0.15) is 21.5 Å². The summed E-state index contributed by atoms with van der Waals surface area (Å²) in [5, 5.41) is 13.3. The quantitative estimate of drug-likeness (QED) is 0.814. The van der Waals surface area contributed by atoms with Crippen LogP contribution in [0.5, 0.6) is 11.5 Å². The molecule has 0 aliphatic rings. The van der Waals surface area contributed by atoms with Gasteiger partial charge in [0, 0.05) is 17.4 Å². The molecule has 0 aliphatic carbocycles. The maximum atomic E-state index is 12.1. The van der Waals surface area contributed by atoms with Crippen LogP contribution in [-0.2, 0) is 11.9 Å². The van der Waals surface area contributed by atoms with Crippen LogP contribution in [0, 0.1) is 0 Å². The number of carbonyl (C=O) groups is 1. The number of alkyl halides is 1.